The minimum atomic E-state index is 0.246. The van der Waals surface area contributed by atoms with Crippen LogP contribution in [0.25, 0.3) is 5.69 Å². The molecule has 2 aromatic rings. The summed E-state index contributed by atoms with van der Waals surface area (Å²) in [5, 5.41) is 7.73. The van der Waals surface area contributed by atoms with Crippen LogP contribution in [0.5, 0.6) is 0 Å². The number of anilines is 1. The second-order valence-electron chi connectivity index (χ2n) is 4.56. The molecule has 2 heterocycles. The molecule has 98 valence electrons. The van der Waals surface area contributed by atoms with Crippen LogP contribution >= 0.6 is 0 Å². The molecule has 0 bridgehead atoms. The SMILES string of the molecule is C1=COC(CNc2ccccc2-n2cccn2)CC1. The lowest BCUT2D eigenvalue weighted by molar-refractivity contribution is 0.135. The van der Waals surface area contributed by atoms with Gasteiger partial charge in [0.1, 0.15) is 6.10 Å². The van der Waals surface area contributed by atoms with E-state index in [1.807, 2.05) is 29.1 Å². The molecule has 0 saturated heterocycles. The monoisotopic (exact) mass is 255 g/mol. The highest BCUT2D eigenvalue weighted by atomic mass is 16.5. The summed E-state index contributed by atoms with van der Waals surface area (Å²) in [5.41, 5.74) is 2.13. The Morgan fingerprint density at radius 1 is 1.32 bits per heavy atom. The largest absolute Gasteiger partial charge is 0.497 e. The summed E-state index contributed by atoms with van der Waals surface area (Å²) >= 11 is 0. The van der Waals surface area contributed by atoms with Crippen molar-refractivity contribution >= 4 is 5.69 Å². The number of benzene rings is 1. The molecule has 0 saturated carbocycles. The Morgan fingerprint density at radius 3 is 3.05 bits per heavy atom. The minimum Gasteiger partial charge on any atom is -0.497 e. The van der Waals surface area contributed by atoms with Crippen molar-refractivity contribution in [3.63, 3.8) is 0 Å². The van der Waals surface area contributed by atoms with E-state index in [1.54, 1.807) is 12.5 Å². The third kappa shape index (κ3) is 2.78. The van der Waals surface area contributed by atoms with Gasteiger partial charge in [0.05, 0.1) is 24.2 Å². The van der Waals surface area contributed by atoms with Crippen molar-refractivity contribution in [1.29, 1.82) is 0 Å². The van der Waals surface area contributed by atoms with Crippen molar-refractivity contribution in [2.75, 3.05) is 11.9 Å². The summed E-state index contributed by atoms with van der Waals surface area (Å²) in [6.07, 6.45) is 9.99. The van der Waals surface area contributed by atoms with E-state index in [2.05, 4.69) is 28.6 Å². The molecular weight excluding hydrogens is 238 g/mol. The van der Waals surface area contributed by atoms with Gasteiger partial charge < -0.3 is 10.1 Å². The van der Waals surface area contributed by atoms with Gasteiger partial charge in [-0.1, -0.05) is 12.1 Å². The highest BCUT2D eigenvalue weighted by Crippen LogP contribution is 2.20. The van der Waals surface area contributed by atoms with Gasteiger partial charge in [-0.15, -0.1) is 0 Å². The van der Waals surface area contributed by atoms with E-state index in [0.717, 1.165) is 30.8 Å². The molecule has 0 amide bonds. The molecule has 0 spiro atoms. The summed E-state index contributed by atoms with van der Waals surface area (Å²) in [7, 11) is 0. The van der Waals surface area contributed by atoms with Crippen LogP contribution in [0.3, 0.4) is 0 Å². The van der Waals surface area contributed by atoms with Crippen molar-refractivity contribution in [3.8, 4) is 5.69 Å². The first-order chi connectivity index (χ1) is 9.43. The molecular formula is C15H17N3O. The number of para-hydroxylation sites is 2. The molecule has 0 fully saturated rings. The predicted octanol–water partition coefficient (Wildman–Crippen LogP) is 2.98. The van der Waals surface area contributed by atoms with Gasteiger partial charge in [-0.3, -0.25) is 0 Å². The zero-order chi connectivity index (χ0) is 12.9. The zero-order valence-corrected chi connectivity index (χ0v) is 10.7. The highest BCUT2D eigenvalue weighted by molar-refractivity contribution is 5.60. The molecule has 0 aliphatic carbocycles. The Kier molecular flexibility index (Phi) is 3.49. The molecule has 0 radical (unpaired) electrons. The maximum absolute atomic E-state index is 5.56. The van der Waals surface area contributed by atoms with Crippen molar-refractivity contribution < 1.29 is 4.74 Å². The van der Waals surface area contributed by atoms with Crippen molar-refractivity contribution in [2.24, 2.45) is 0 Å². The molecule has 1 aliphatic rings. The average Bonchev–Trinajstić information content (AvgIpc) is 3.01. The fraction of sp³-hybridized carbons (Fsp3) is 0.267. The van der Waals surface area contributed by atoms with Crippen LogP contribution in [-0.2, 0) is 4.74 Å². The lowest BCUT2D eigenvalue weighted by Crippen LogP contribution is -2.23. The Morgan fingerprint density at radius 2 is 2.26 bits per heavy atom. The highest BCUT2D eigenvalue weighted by Gasteiger charge is 2.11. The van der Waals surface area contributed by atoms with E-state index in [-0.39, 0.29) is 6.10 Å². The number of hydrogen-bond donors (Lipinski definition) is 1. The lowest BCUT2D eigenvalue weighted by atomic mass is 10.1. The minimum absolute atomic E-state index is 0.246. The van der Waals surface area contributed by atoms with Crippen molar-refractivity contribution in [1.82, 2.24) is 9.78 Å². The zero-order valence-electron chi connectivity index (χ0n) is 10.7. The number of hydrogen-bond acceptors (Lipinski definition) is 3. The number of ether oxygens (including phenoxy) is 1. The van der Waals surface area contributed by atoms with Gasteiger partial charge in [0.25, 0.3) is 0 Å². The number of allylic oxidation sites excluding steroid dienone is 1. The van der Waals surface area contributed by atoms with E-state index in [9.17, 15) is 0 Å². The van der Waals surface area contributed by atoms with Crippen LogP contribution < -0.4 is 5.32 Å². The summed E-state index contributed by atoms with van der Waals surface area (Å²) < 4.78 is 7.43. The van der Waals surface area contributed by atoms with E-state index < -0.39 is 0 Å². The van der Waals surface area contributed by atoms with Crippen LogP contribution in [0.4, 0.5) is 5.69 Å². The van der Waals surface area contributed by atoms with Gasteiger partial charge in [-0.2, -0.15) is 5.10 Å². The Hall–Kier alpha value is -2.23. The molecule has 1 unspecified atom stereocenters. The standard InChI is InChI=1S/C15H17N3O/c1-2-8-15(18-10-5-9-17-18)14(7-1)16-12-13-6-3-4-11-19-13/h1-2,4-5,7-11,13,16H,3,6,12H2. The van der Waals surface area contributed by atoms with Gasteiger partial charge >= 0.3 is 0 Å². The average molecular weight is 255 g/mol. The molecule has 4 heteroatoms. The van der Waals surface area contributed by atoms with Crippen molar-refractivity contribution in [3.05, 3.63) is 55.1 Å². The Labute approximate surface area is 112 Å². The van der Waals surface area contributed by atoms with Crippen LogP contribution in [0.15, 0.2) is 55.1 Å². The second-order valence-corrected chi connectivity index (χ2v) is 4.56. The normalized spacial score (nSPS) is 18.0. The van der Waals surface area contributed by atoms with E-state index in [4.69, 9.17) is 4.74 Å². The molecule has 3 rings (SSSR count). The summed E-state index contributed by atoms with van der Waals surface area (Å²) in [4.78, 5) is 0. The van der Waals surface area contributed by atoms with Crippen LogP contribution in [0.1, 0.15) is 12.8 Å². The van der Waals surface area contributed by atoms with Gasteiger partial charge in [-0.05, 0) is 37.1 Å². The fourth-order valence-electron chi connectivity index (χ4n) is 2.19. The van der Waals surface area contributed by atoms with Crippen molar-refractivity contribution in [2.45, 2.75) is 18.9 Å². The topological polar surface area (TPSA) is 39.1 Å². The first kappa shape index (κ1) is 11.8. The third-order valence-electron chi connectivity index (χ3n) is 3.20. The Bertz CT molecular complexity index is 548. The quantitative estimate of drug-likeness (QED) is 0.913. The van der Waals surface area contributed by atoms with E-state index in [0.29, 0.717) is 0 Å². The Balaban J connectivity index is 1.72. The van der Waals surface area contributed by atoms with Gasteiger partial charge in [0.2, 0.25) is 0 Å². The van der Waals surface area contributed by atoms with E-state index in [1.165, 1.54) is 0 Å². The van der Waals surface area contributed by atoms with Crippen LogP contribution in [0, 0.1) is 0 Å². The summed E-state index contributed by atoms with van der Waals surface area (Å²) in [6, 6.07) is 10.1. The molecule has 4 nitrogen and oxygen atoms in total. The molecule has 1 atom stereocenters. The molecule has 19 heavy (non-hydrogen) atoms. The first-order valence-electron chi connectivity index (χ1n) is 6.57. The van der Waals surface area contributed by atoms with Crippen LogP contribution in [0.2, 0.25) is 0 Å². The van der Waals surface area contributed by atoms with Crippen LogP contribution in [-0.4, -0.2) is 22.4 Å². The van der Waals surface area contributed by atoms with E-state index >= 15 is 0 Å². The predicted molar refractivity (Wildman–Crippen MR) is 75.3 cm³/mol. The number of nitrogens with one attached hydrogen (secondary N) is 1. The maximum atomic E-state index is 5.56. The lowest BCUT2D eigenvalue weighted by Gasteiger charge is -2.21. The summed E-state index contributed by atoms with van der Waals surface area (Å²) in [5.74, 6) is 0. The second kappa shape index (κ2) is 5.61. The number of rotatable bonds is 4. The van der Waals surface area contributed by atoms with Gasteiger partial charge in [0.15, 0.2) is 0 Å². The first-order valence-corrected chi connectivity index (χ1v) is 6.57. The molecule has 1 aliphatic heterocycles. The number of aromatic nitrogens is 2. The smallest absolute Gasteiger partial charge is 0.115 e. The maximum Gasteiger partial charge on any atom is 0.115 e. The third-order valence-corrected chi connectivity index (χ3v) is 3.20. The molecule has 1 aromatic heterocycles. The van der Waals surface area contributed by atoms with Gasteiger partial charge in [0, 0.05) is 12.4 Å². The molecule has 1 N–H and O–H groups in total. The molecule has 1 aromatic carbocycles. The van der Waals surface area contributed by atoms with Gasteiger partial charge in [-0.25, -0.2) is 4.68 Å². The summed E-state index contributed by atoms with van der Waals surface area (Å²) in [6.45, 7) is 0.808. The fourth-order valence-corrected chi connectivity index (χ4v) is 2.19. The number of nitrogens with zero attached hydrogens (tertiary/aromatic N) is 2.